The predicted molar refractivity (Wildman–Crippen MR) is 111 cm³/mol. The third-order valence-electron chi connectivity index (χ3n) is 5.70. The maximum atomic E-state index is 15.9. The molecular formula is C21H40FNO2Sn. The van der Waals surface area contributed by atoms with E-state index in [1.54, 1.807) is 4.90 Å². The number of rotatable bonds is 11. The number of hydrogen-bond donors (Lipinski definition) is 0. The van der Waals surface area contributed by atoms with E-state index in [0.29, 0.717) is 36.4 Å². The van der Waals surface area contributed by atoms with Crippen molar-refractivity contribution in [3.05, 3.63) is 9.42 Å². The first-order chi connectivity index (χ1) is 12.5. The molecule has 1 rings (SSSR count). The number of halogens is 1. The van der Waals surface area contributed by atoms with Gasteiger partial charge in [0.1, 0.15) is 0 Å². The Kier molecular flexibility index (Phi) is 11.9. The van der Waals surface area contributed by atoms with E-state index in [1.807, 2.05) is 6.92 Å². The summed E-state index contributed by atoms with van der Waals surface area (Å²) >= 11 is -2.94. The topological polar surface area (TPSA) is 29.5 Å². The maximum absolute atomic E-state index is 15.9. The Morgan fingerprint density at radius 3 is 1.81 bits per heavy atom. The third kappa shape index (κ3) is 7.05. The standard InChI is InChI=1S/C9H13FNO2.3C4H9.Sn/c1-2-13-9(12)11-5-3-8(7-10)4-6-11;3*1-3-4-2;/h2-6H2,1H3;3*1,3-4H2,2H3;. The van der Waals surface area contributed by atoms with Crippen LogP contribution in [-0.4, -0.2) is 49.1 Å². The van der Waals surface area contributed by atoms with Crippen molar-refractivity contribution < 1.29 is 13.9 Å². The zero-order valence-electron chi connectivity index (χ0n) is 17.5. The second kappa shape index (κ2) is 13.0. The molecule has 1 saturated heterocycles. The number of ether oxygens (including phenoxy) is 1. The molecule has 1 fully saturated rings. The van der Waals surface area contributed by atoms with E-state index in [1.165, 1.54) is 32.6 Å². The SMILES string of the molecule is CCC[CH2][Sn]([CH2]CCC)([CH2]CCC)[C](F)=C1CCN(C(=O)OCC)CC1. The molecule has 5 heteroatoms. The number of piperidine rings is 1. The van der Waals surface area contributed by atoms with Gasteiger partial charge >= 0.3 is 165 Å². The summed E-state index contributed by atoms with van der Waals surface area (Å²) in [5.74, 6) is 0. The number of carbonyl (C=O) groups is 1. The molecule has 0 unspecified atom stereocenters. The second-order valence-electron chi connectivity index (χ2n) is 7.69. The predicted octanol–water partition coefficient (Wildman–Crippen LogP) is 6.85. The molecule has 26 heavy (non-hydrogen) atoms. The summed E-state index contributed by atoms with van der Waals surface area (Å²) in [4.78, 5) is 13.6. The average molecular weight is 476 g/mol. The van der Waals surface area contributed by atoms with E-state index in [2.05, 4.69) is 20.8 Å². The van der Waals surface area contributed by atoms with E-state index in [9.17, 15) is 4.79 Å². The summed E-state index contributed by atoms with van der Waals surface area (Å²) < 4.78 is 24.9. The number of nitrogens with zero attached hydrogens (tertiary/aromatic N) is 1. The fraction of sp³-hybridized carbons (Fsp3) is 0.857. The van der Waals surface area contributed by atoms with Crippen molar-refractivity contribution >= 4 is 24.5 Å². The molecule has 1 amide bonds. The van der Waals surface area contributed by atoms with Gasteiger partial charge in [0.05, 0.1) is 0 Å². The quantitative estimate of drug-likeness (QED) is 0.305. The van der Waals surface area contributed by atoms with Gasteiger partial charge in [-0.15, -0.1) is 0 Å². The van der Waals surface area contributed by atoms with Crippen LogP contribution in [0.2, 0.25) is 13.3 Å². The van der Waals surface area contributed by atoms with Gasteiger partial charge in [0.25, 0.3) is 0 Å². The van der Waals surface area contributed by atoms with Crippen molar-refractivity contribution in [3.8, 4) is 0 Å². The number of hydrogen-bond acceptors (Lipinski definition) is 2. The molecule has 0 aromatic rings. The van der Waals surface area contributed by atoms with Gasteiger partial charge in [0.2, 0.25) is 0 Å². The van der Waals surface area contributed by atoms with Crippen LogP contribution >= 0.6 is 0 Å². The fourth-order valence-corrected chi connectivity index (χ4v) is 19.7. The number of unbranched alkanes of at least 4 members (excludes halogenated alkanes) is 3. The molecule has 0 bridgehead atoms. The van der Waals surface area contributed by atoms with Crippen LogP contribution in [0, 0.1) is 0 Å². The zero-order valence-corrected chi connectivity index (χ0v) is 20.4. The van der Waals surface area contributed by atoms with E-state index in [-0.39, 0.29) is 6.09 Å². The van der Waals surface area contributed by atoms with Crippen LogP contribution in [0.15, 0.2) is 9.42 Å². The molecule has 0 saturated carbocycles. The Morgan fingerprint density at radius 2 is 1.42 bits per heavy atom. The molecule has 0 aliphatic carbocycles. The molecule has 0 atom stereocenters. The van der Waals surface area contributed by atoms with Gasteiger partial charge in [-0.3, -0.25) is 0 Å². The van der Waals surface area contributed by atoms with Crippen LogP contribution in [0.4, 0.5) is 9.18 Å². The van der Waals surface area contributed by atoms with Crippen LogP contribution in [0.25, 0.3) is 0 Å². The Balaban J connectivity index is 2.95. The number of likely N-dealkylation sites (tertiary alicyclic amines) is 1. The van der Waals surface area contributed by atoms with Gasteiger partial charge in [-0.05, 0) is 0 Å². The molecule has 1 aliphatic rings. The first kappa shape index (κ1) is 23.8. The van der Waals surface area contributed by atoms with Crippen LogP contribution in [0.5, 0.6) is 0 Å². The van der Waals surface area contributed by atoms with Crippen molar-refractivity contribution in [1.82, 2.24) is 4.90 Å². The van der Waals surface area contributed by atoms with Crippen molar-refractivity contribution in [2.45, 2.75) is 92.4 Å². The fourth-order valence-electron chi connectivity index (χ4n) is 4.02. The first-order valence-electron chi connectivity index (χ1n) is 10.8. The van der Waals surface area contributed by atoms with Gasteiger partial charge in [-0.2, -0.15) is 0 Å². The zero-order chi connectivity index (χ0) is 19.4. The second-order valence-corrected chi connectivity index (χ2v) is 20.5. The van der Waals surface area contributed by atoms with E-state index in [0.717, 1.165) is 24.8 Å². The van der Waals surface area contributed by atoms with Gasteiger partial charge in [-0.1, -0.05) is 0 Å². The summed E-state index contributed by atoms with van der Waals surface area (Å²) in [5, 5.41) is 0. The van der Waals surface area contributed by atoms with Crippen molar-refractivity contribution in [2.75, 3.05) is 19.7 Å². The Hall–Kier alpha value is -0.261. The van der Waals surface area contributed by atoms with E-state index < -0.39 is 18.4 Å². The Labute approximate surface area is 164 Å². The first-order valence-corrected chi connectivity index (χ1v) is 18.3. The van der Waals surface area contributed by atoms with E-state index in [4.69, 9.17) is 4.74 Å². The molecule has 0 radical (unpaired) electrons. The molecule has 3 nitrogen and oxygen atoms in total. The van der Waals surface area contributed by atoms with Gasteiger partial charge < -0.3 is 0 Å². The molecular weight excluding hydrogens is 436 g/mol. The molecule has 0 aromatic carbocycles. The van der Waals surface area contributed by atoms with E-state index >= 15 is 4.39 Å². The summed E-state index contributed by atoms with van der Waals surface area (Å²) in [6.45, 7) is 10.1. The molecule has 1 aliphatic heterocycles. The summed E-state index contributed by atoms with van der Waals surface area (Å²) in [6, 6.07) is 0. The third-order valence-corrected chi connectivity index (χ3v) is 20.6. The summed E-state index contributed by atoms with van der Waals surface area (Å²) in [7, 11) is 0. The normalized spacial score (nSPS) is 15.3. The average Bonchev–Trinajstić information content (AvgIpc) is 2.67. The molecule has 0 N–H and O–H groups in total. The van der Waals surface area contributed by atoms with Crippen LogP contribution < -0.4 is 0 Å². The minimum absolute atomic E-state index is 0.246. The van der Waals surface area contributed by atoms with Crippen LogP contribution in [0.3, 0.4) is 0 Å². The van der Waals surface area contributed by atoms with Gasteiger partial charge in [0.15, 0.2) is 0 Å². The molecule has 1 heterocycles. The van der Waals surface area contributed by atoms with Crippen molar-refractivity contribution in [2.24, 2.45) is 0 Å². The van der Waals surface area contributed by atoms with Crippen molar-refractivity contribution in [1.29, 1.82) is 0 Å². The molecule has 152 valence electrons. The number of carbonyl (C=O) groups excluding carboxylic acids is 1. The Morgan fingerprint density at radius 1 is 0.962 bits per heavy atom. The summed E-state index contributed by atoms with van der Waals surface area (Å²) in [6.07, 6.45) is 8.19. The molecule has 0 aromatic heterocycles. The van der Waals surface area contributed by atoms with Crippen LogP contribution in [-0.2, 0) is 4.74 Å². The number of amides is 1. The molecule has 0 spiro atoms. The van der Waals surface area contributed by atoms with Crippen molar-refractivity contribution in [3.63, 3.8) is 0 Å². The monoisotopic (exact) mass is 477 g/mol. The van der Waals surface area contributed by atoms with Crippen LogP contribution in [0.1, 0.15) is 79.1 Å². The summed E-state index contributed by atoms with van der Waals surface area (Å²) in [5.41, 5.74) is 1.05. The minimum atomic E-state index is -2.94. The van der Waals surface area contributed by atoms with Gasteiger partial charge in [-0.25, -0.2) is 0 Å². The Bertz CT molecular complexity index is 422. The van der Waals surface area contributed by atoms with Gasteiger partial charge in [0, 0.05) is 0 Å².